The molecule has 5 nitrogen and oxygen atoms in total. The first kappa shape index (κ1) is 19.2. The molecule has 3 N–H and O–H groups in total. The lowest BCUT2D eigenvalue weighted by molar-refractivity contribution is -0.139. The lowest BCUT2D eigenvalue weighted by Crippen LogP contribution is -2.46. The Labute approximate surface area is 128 Å². The van der Waals surface area contributed by atoms with Crippen molar-refractivity contribution in [3.05, 3.63) is 0 Å². The molecule has 1 atom stereocenters. The molecular weight excluding hydrogens is 278 g/mol. The van der Waals surface area contributed by atoms with Crippen molar-refractivity contribution in [2.45, 2.75) is 51.5 Å². The summed E-state index contributed by atoms with van der Waals surface area (Å²) < 4.78 is 0. The smallest absolute Gasteiger partial charge is 0.230 e. The summed E-state index contributed by atoms with van der Waals surface area (Å²) in [4.78, 5) is 25.7. The minimum absolute atomic E-state index is 0. The first-order valence-electron chi connectivity index (χ1n) is 7.11. The SMILES string of the molecule is CC(N)CCC(=O)NCC1(C(=O)N(C)C)CCCC1.Cl. The van der Waals surface area contributed by atoms with Gasteiger partial charge in [0.2, 0.25) is 11.8 Å². The second kappa shape index (κ2) is 8.47. The standard InChI is InChI=1S/C14H27N3O2.ClH/c1-11(15)6-7-12(18)16-10-14(8-4-5-9-14)13(19)17(2)3;/h11H,4-10,15H2,1-3H3,(H,16,18);1H. The third kappa shape index (κ3) is 5.29. The molecule has 0 aromatic carbocycles. The summed E-state index contributed by atoms with van der Waals surface area (Å²) in [6, 6.07) is 0.0367. The topological polar surface area (TPSA) is 75.4 Å². The molecule has 0 saturated heterocycles. The Morgan fingerprint density at radius 2 is 1.85 bits per heavy atom. The normalized spacial score (nSPS) is 18.0. The minimum Gasteiger partial charge on any atom is -0.355 e. The van der Waals surface area contributed by atoms with Gasteiger partial charge in [0.1, 0.15) is 0 Å². The lowest BCUT2D eigenvalue weighted by Gasteiger charge is -2.30. The summed E-state index contributed by atoms with van der Waals surface area (Å²) >= 11 is 0. The van der Waals surface area contributed by atoms with Gasteiger partial charge >= 0.3 is 0 Å². The molecule has 1 aliphatic carbocycles. The van der Waals surface area contributed by atoms with Crippen LogP contribution in [0.5, 0.6) is 0 Å². The highest BCUT2D eigenvalue weighted by Gasteiger charge is 2.42. The fraction of sp³-hybridized carbons (Fsp3) is 0.857. The molecule has 0 spiro atoms. The van der Waals surface area contributed by atoms with Crippen LogP contribution >= 0.6 is 12.4 Å². The van der Waals surface area contributed by atoms with E-state index in [4.69, 9.17) is 5.73 Å². The summed E-state index contributed by atoms with van der Waals surface area (Å²) in [5.41, 5.74) is 5.25. The van der Waals surface area contributed by atoms with Crippen molar-refractivity contribution in [3.63, 3.8) is 0 Å². The van der Waals surface area contributed by atoms with Crippen molar-refractivity contribution in [3.8, 4) is 0 Å². The molecule has 0 aromatic rings. The Hall–Kier alpha value is -0.810. The van der Waals surface area contributed by atoms with Crippen LogP contribution in [-0.4, -0.2) is 43.4 Å². The molecule has 1 fully saturated rings. The summed E-state index contributed by atoms with van der Waals surface area (Å²) in [5.74, 6) is 0.132. The van der Waals surface area contributed by atoms with E-state index >= 15 is 0 Å². The fourth-order valence-electron chi connectivity index (χ4n) is 2.71. The Morgan fingerprint density at radius 1 is 1.30 bits per heavy atom. The van der Waals surface area contributed by atoms with Gasteiger partial charge in [-0.3, -0.25) is 9.59 Å². The van der Waals surface area contributed by atoms with Gasteiger partial charge in [0.25, 0.3) is 0 Å². The Bertz CT molecular complexity index is 326. The zero-order chi connectivity index (χ0) is 14.5. The number of carbonyl (C=O) groups is 2. The second-order valence-electron chi connectivity index (χ2n) is 5.98. The van der Waals surface area contributed by atoms with Gasteiger partial charge in [0.05, 0.1) is 5.41 Å². The molecule has 0 aromatic heterocycles. The van der Waals surface area contributed by atoms with E-state index in [0.717, 1.165) is 25.7 Å². The van der Waals surface area contributed by atoms with Gasteiger partial charge in [0.15, 0.2) is 0 Å². The zero-order valence-corrected chi connectivity index (χ0v) is 13.6. The Balaban J connectivity index is 0.00000361. The quantitative estimate of drug-likeness (QED) is 0.776. The number of nitrogens with zero attached hydrogens (tertiary/aromatic N) is 1. The zero-order valence-electron chi connectivity index (χ0n) is 12.8. The van der Waals surface area contributed by atoms with E-state index in [1.54, 1.807) is 19.0 Å². The molecule has 1 aliphatic rings. The number of nitrogens with two attached hydrogens (primary N) is 1. The first-order valence-corrected chi connectivity index (χ1v) is 7.11. The predicted molar refractivity (Wildman–Crippen MR) is 82.7 cm³/mol. The Kier molecular flexibility index (Phi) is 8.13. The van der Waals surface area contributed by atoms with Crippen molar-refractivity contribution in [2.24, 2.45) is 11.1 Å². The number of hydrogen-bond acceptors (Lipinski definition) is 3. The number of hydrogen-bond donors (Lipinski definition) is 2. The molecule has 1 rings (SSSR count). The van der Waals surface area contributed by atoms with E-state index in [-0.39, 0.29) is 35.7 Å². The first-order chi connectivity index (χ1) is 8.87. The number of halogens is 1. The molecule has 6 heteroatoms. The third-order valence-corrected chi connectivity index (χ3v) is 3.87. The number of rotatable bonds is 6. The van der Waals surface area contributed by atoms with Gasteiger partial charge in [0, 0.05) is 33.1 Å². The van der Waals surface area contributed by atoms with Crippen LogP contribution in [0.25, 0.3) is 0 Å². The van der Waals surface area contributed by atoms with Crippen molar-refractivity contribution < 1.29 is 9.59 Å². The van der Waals surface area contributed by atoms with Crippen LogP contribution in [0.1, 0.15) is 45.4 Å². The van der Waals surface area contributed by atoms with Crippen molar-refractivity contribution in [1.29, 1.82) is 0 Å². The number of amides is 2. The van der Waals surface area contributed by atoms with Crippen LogP contribution in [-0.2, 0) is 9.59 Å². The summed E-state index contributed by atoms with van der Waals surface area (Å²) in [6.07, 6.45) is 4.99. The number of nitrogens with one attached hydrogen (secondary N) is 1. The van der Waals surface area contributed by atoms with Crippen molar-refractivity contribution in [2.75, 3.05) is 20.6 Å². The van der Waals surface area contributed by atoms with E-state index in [9.17, 15) is 9.59 Å². The second-order valence-corrected chi connectivity index (χ2v) is 5.98. The maximum Gasteiger partial charge on any atom is 0.230 e. The maximum absolute atomic E-state index is 12.3. The molecule has 1 unspecified atom stereocenters. The summed E-state index contributed by atoms with van der Waals surface area (Å²) in [7, 11) is 3.56. The van der Waals surface area contributed by atoms with E-state index in [1.807, 2.05) is 6.92 Å². The molecule has 118 valence electrons. The fourth-order valence-corrected chi connectivity index (χ4v) is 2.71. The van der Waals surface area contributed by atoms with E-state index in [1.165, 1.54) is 0 Å². The van der Waals surface area contributed by atoms with Crippen molar-refractivity contribution in [1.82, 2.24) is 10.2 Å². The van der Waals surface area contributed by atoms with Crippen LogP contribution in [0.3, 0.4) is 0 Å². The highest BCUT2D eigenvalue weighted by Crippen LogP contribution is 2.38. The van der Waals surface area contributed by atoms with Gasteiger partial charge in [-0.05, 0) is 26.2 Å². The highest BCUT2D eigenvalue weighted by molar-refractivity contribution is 5.85. The van der Waals surface area contributed by atoms with E-state index < -0.39 is 0 Å². The summed E-state index contributed by atoms with van der Waals surface area (Å²) in [6.45, 7) is 2.35. The average molecular weight is 306 g/mol. The van der Waals surface area contributed by atoms with Crippen LogP contribution in [0, 0.1) is 5.41 Å². The third-order valence-electron chi connectivity index (χ3n) is 3.87. The van der Waals surface area contributed by atoms with Crippen LogP contribution in [0.2, 0.25) is 0 Å². The highest BCUT2D eigenvalue weighted by atomic mass is 35.5. The monoisotopic (exact) mass is 305 g/mol. The Morgan fingerprint density at radius 3 is 2.30 bits per heavy atom. The van der Waals surface area contributed by atoms with Gasteiger partial charge in [-0.15, -0.1) is 12.4 Å². The van der Waals surface area contributed by atoms with Gasteiger partial charge < -0.3 is 16.0 Å². The lowest BCUT2D eigenvalue weighted by atomic mass is 9.84. The minimum atomic E-state index is -0.381. The van der Waals surface area contributed by atoms with Crippen LogP contribution in [0.15, 0.2) is 0 Å². The van der Waals surface area contributed by atoms with Crippen LogP contribution < -0.4 is 11.1 Å². The molecule has 0 radical (unpaired) electrons. The van der Waals surface area contributed by atoms with Gasteiger partial charge in [-0.2, -0.15) is 0 Å². The molecule has 0 bridgehead atoms. The molecule has 0 aliphatic heterocycles. The van der Waals surface area contributed by atoms with E-state index in [2.05, 4.69) is 5.32 Å². The van der Waals surface area contributed by atoms with Gasteiger partial charge in [-0.25, -0.2) is 0 Å². The number of carbonyl (C=O) groups excluding carboxylic acids is 2. The molecular formula is C14H28ClN3O2. The van der Waals surface area contributed by atoms with E-state index in [0.29, 0.717) is 19.4 Å². The van der Waals surface area contributed by atoms with Crippen LogP contribution in [0.4, 0.5) is 0 Å². The predicted octanol–water partition coefficient (Wildman–Crippen LogP) is 1.30. The molecule has 2 amide bonds. The van der Waals surface area contributed by atoms with Crippen molar-refractivity contribution >= 4 is 24.2 Å². The molecule has 20 heavy (non-hydrogen) atoms. The van der Waals surface area contributed by atoms with Gasteiger partial charge in [-0.1, -0.05) is 12.8 Å². The molecule has 0 heterocycles. The maximum atomic E-state index is 12.3. The summed E-state index contributed by atoms with van der Waals surface area (Å²) in [5, 5.41) is 2.91. The largest absolute Gasteiger partial charge is 0.355 e. The average Bonchev–Trinajstić information content (AvgIpc) is 2.82. The molecule has 1 saturated carbocycles.